The van der Waals surface area contributed by atoms with Gasteiger partial charge in [-0.15, -0.1) is 29.3 Å². The molecule has 0 unspecified atom stereocenters. The minimum absolute atomic E-state index is 0. The molecule has 0 spiro atoms. The fourth-order valence-corrected chi connectivity index (χ4v) is 3.48. The zero-order valence-corrected chi connectivity index (χ0v) is 23.0. The van der Waals surface area contributed by atoms with Crippen LogP contribution in [0.2, 0.25) is 0 Å². The quantitative estimate of drug-likeness (QED) is 0.220. The molecule has 0 saturated carbocycles. The topological polar surface area (TPSA) is 72.3 Å². The molecule has 9 heteroatoms. The van der Waals surface area contributed by atoms with Crippen molar-refractivity contribution in [2.45, 2.75) is 27.7 Å². The smallest absolute Gasteiger partial charge is 0.512 e. The minimum Gasteiger partial charge on any atom is -0.512 e. The van der Waals surface area contributed by atoms with E-state index < -0.39 is 11.6 Å². The molecule has 5 rings (SSSR count). The molecular weight excluding hydrogens is 651 g/mol. The van der Waals surface area contributed by atoms with Crippen molar-refractivity contribution in [3.8, 4) is 22.6 Å². The molecule has 0 radical (unpaired) electrons. The Balaban J connectivity index is 0.000000250. The van der Waals surface area contributed by atoms with Gasteiger partial charge < -0.3 is 16.8 Å². The Morgan fingerprint density at radius 3 is 1.84 bits per heavy atom. The van der Waals surface area contributed by atoms with Gasteiger partial charge in [-0.1, -0.05) is 37.6 Å². The van der Waals surface area contributed by atoms with Crippen molar-refractivity contribution in [1.29, 1.82) is 5.26 Å². The molecule has 0 aliphatic heterocycles. The summed E-state index contributed by atoms with van der Waals surface area (Å²) in [6.07, 6.45) is 5.47. The van der Waals surface area contributed by atoms with E-state index in [1.165, 1.54) is 0 Å². The molecular formula is C28H23F2IrN6. The third-order valence-electron chi connectivity index (χ3n) is 5.10. The molecule has 0 fully saturated rings. The van der Waals surface area contributed by atoms with Crippen LogP contribution in [0.15, 0.2) is 67.1 Å². The first-order valence-electron chi connectivity index (χ1n) is 10.9. The van der Waals surface area contributed by atoms with Gasteiger partial charge >= 0.3 is 20.1 Å². The normalized spacial score (nSPS) is 9.84. The third-order valence-corrected chi connectivity index (χ3v) is 5.10. The number of nitrogens with zero attached hydrogens (tertiary/aromatic N) is 6. The van der Waals surface area contributed by atoms with Crippen molar-refractivity contribution in [1.82, 2.24) is 24.5 Å². The number of aromatic nitrogens is 5. The van der Waals surface area contributed by atoms with Crippen LogP contribution in [0.4, 0.5) is 8.78 Å². The second-order valence-corrected chi connectivity index (χ2v) is 7.89. The van der Waals surface area contributed by atoms with Gasteiger partial charge in [0.25, 0.3) is 0 Å². The van der Waals surface area contributed by atoms with E-state index in [-0.39, 0.29) is 25.7 Å². The number of benzene rings is 2. The number of hydrogen-bond donors (Lipinski definition) is 0. The Bertz CT molecular complexity index is 1410. The standard InChI is InChI=1S/C16H17N4.C11H6F2N.CN.Ir/c1-11-9-12(2)16(20-8-6-14(4)18-20)10-15(11)19-7-5-13(3)17-19;12-8-4-5-9(10(13)7-8)11-3-1-2-6-14-11;1-2;/h5-9H,1-4H3;1-4,6-7H;;/q3*-1;+3. The molecule has 6 nitrogen and oxygen atoms in total. The summed E-state index contributed by atoms with van der Waals surface area (Å²) in [5.74, 6) is -1.29. The Morgan fingerprint density at radius 1 is 0.838 bits per heavy atom. The van der Waals surface area contributed by atoms with Crippen molar-refractivity contribution in [3.63, 3.8) is 0 Å². The first-order chi connectivity index (χ1) is 17.3. The van der Waals surface area contributed by atoms with Crippen molar-refractivity contribution in [2.24, 2.45) is 0 Å². The molecule has 2 aromatic carbocycles. The molecule has 0 N–H and O–H groups in total. The summed E-state index contributed by atoms with van der Waals surface area (Å²) in [5.41, 5.74) is 6.86. The van der Waals surface area contributed by atoms with Crippen molar-refractivity contribution >= 4 is 0 Å². The van der Waals surface area contributed by atoms with Crippen LogP contribution in [0, 0.1) is 63.3 Å². The van der Waals surface area contributed by atoms with Gasteiger partial charge in [-0.2, -0.15) is 16.3 Å². The molecule has 0 atom stereocenters. The summed E-state index contributed by atoms with van der Waals surface area (Å²) < 4.78 is 29.5. The maximum absolute atomic E-state index is 13.2. The molecule has 3 aromatic heterocycles. The number of rotatable bonds is 3. The van der Waals surface area contributed by atoms with E-state index in [0.29, 0.717) is 5.69 Å². The van der Waals surface area contributed by atoms with Gasteiger partial charge in [0.15, 0.2) is 0 Å². The molecule has 0 saturated heterocycles. The molecule has 188 valence electrons. The zero-order chi connectivity index (χ0) is 26.2. The average Bonchev–Trinajstić information content (AvgIpc) is 3.49. The molecule has 5 aromatic rings. The van der Waals surface area contributed by atoms with Gasteiger partial charge in [0.1, 0.15) is 0 Å². The van der Waals surface area contributed by atoms with Crippen LogP contribution < -0.4 is 0 Å². The van der Waals surface area contributed by atoms with Crippen LogP contribution >= 0.6 is 0 Å². The van der Waals surface area contributed by atoms with E-state index in [4.69, 9.17) is 11.8 Å². The SMILES string of the molecule is Cc1ccn(-c2[c-]c(-n3ccc(C)n3)c(C)cc2C)n1.Fc1c[c-]c(-c2ccccn2)c(F)c1.[C-]#N.[Ir+3]. The van der Waals surface area contributed by atoms with Gasteiger partial charge in [-0.05, 0) is 49.1 Å². The average molecular weight is 674 g/mol. The molecule has 0 amide bonds. The molecule has 0 aliphatic carbocycles. The maximum Gasteiger partial charge on any atom is 3.00 e. The molecule has 0 bridgehead atoms. The molecule has 0 aliphatic rings. The fraction of sp³-hybridized carbons (Fsp3) is 0.143. The van der Waals surface area contributed by atoms with Crippen LogP contribution in [-0.2, 0) is 20.1 Å². The van der Waals surface area contributed by atoms with E-state index in [1.807, 2.05) is 47.7 Å². The summed E-state index contributed by atoms with van der Waals surface area (Å²) >= 11 is 0. The summed E-state index contributed by atoms with van der Waals surface area (Å²) in [5, 5.41) is 15.2. The Morgan fingerprint density at radius 2 is 1.41 bits per heavy atom. The monoisotopic (exact) mass is 674 g/mol. The first kappa shape index (κ1) is 29.2. The second-order valence-electron chi connectivity index (χ2n) is 7.89. The van der Waals surface area contributed by atoms with E-state index in [1.54, 1.807) is 24.4 Å². The van der Waals surface area contributed by atoms with Crippen LogP contribution in [0.3, 0.4) is 0 Å². The van der Waals surface area contributed by atoms with Crippen molar-refractivity contribution in [3.05, 3.63) is 120 Å². The van der Waals surface area contributed by atoms with Crippen LogP contribution in [0.5, 0.6) is 0 Å². The molecule has 3 heterocycles. The summed E-state index contributed by atoms with van der Waals surface area (Å²) in [6, 6.07) is 19.1. The zero-order valence-electron chi connectivity index (χ0n) is 20.6. The number of pyridine rings is 1. The molecule has 37 heavy (non-hydrogen) atoms. The Kier molecular flexibility index (Phi) is 10.6. The predicted octanol–water partition coefficient (Wildman–Crippen LogP) is 6.01. The van der Waals surface area contributed by atoms with Gasteiger partial charge in [0.05, 0.1) is 11.4 Å². The number of aryl methyl sites for hydroxylation is 4. The Labute approximate surface area is 228 Å². The largest absolute Gasteiger partial charge is 3.00 e. The van der Waals surface area contributed by atoms with Crippen molar-refractivity contribution < 1.29 is 28.9 Å². The minimum atomic E-state index is -0.649. The van der Waals surface area contributed by atoms with Crippen LogP contribution in [0.1, 0.15) is 22.5 Å². The Hall–Kier alpha value is -3.99. The van der Waals surface area contributed by atoms with Gasteiger partial charge in [-0.3, -0.25) is 18.1 Å². The maximum atomic E-state index is 13.2. The van der Waals surface area contributed by atoms with E-state index in [9.17, 15) is 8.78 Å². The van der Waals surface area contributed by atoms with Crippen molar-refractivity contribution in [2.75, 3.05) is 0 Å². The van der Waals surface area contributed by atoms with E-state index in [0.717, 1.165) is 46.0 Å². The van der Waals surface area contributed by atoms with Crippen LogP contribution in [-0.4, -0.2) is 24.5 Å². The van der Waals surface area contributed by atoms with E-state index in [2.05, 4.69) is 47.2 Å². The summed E-state index contributed by atoms with van der Waals surface area (Å²) in [6.45, 7) is 12.9. The number of halogens is 2. The van der Waals surface area contributed by atoms with Gasteiger partial charge in [0, 0.05) is 30.2 Å². The summed E-state index contributed by atoms with van der Waals surface area (Å²) in [7, 11) is 0. The third kappa shape index (κ3) is 7.26. The van der Waals surface area contributed by atoms with Gasteiger partial charge in [-0.25, -0.2) is 0 Å². The van der Waals surface area contributed by atoms with E-state index >= 15 is 0 Å². The first-order valence-corrected chi connectivity index (χ1v) is 10.9. The second kappa shape index (κ2) is 13.4. The van der Waals surface area contributed by atoms with Crippen LogP contribution in [0.25, 0.3) is 22.6 Å². The predicted molar refractivity (Wildman–Crippen MR) is 132 cm³/mol. The summed E-state index contributed by atoms with van der Waals surface area (Å²) in [4.78, 5) is 3.95. The van der Waals surface area contributed by atoms with Gasteiger partial charge in [0.2, 0.25) is 0 Å². The fourth-order valence-electron chi connectivity index (χ4n) is 3.48. The number of hydrogen-bond acceptors (Lipinski definition) is 4.